The summed E-state index contributed by atoms with van der Waals surface area (Å²) in [6.45, 7) is 2.24. The summed E-state index contributed by atoms with van der Waals surface area (Å²) in [4.78, 5) is 12.3. The van der Waals surface area contributed by atoms with Gasteiger partial charge < -0.3 is 14.8 Å². The van der Waals surface area contributed by atoms with Crippen LogP contribution in [-0.4, -0.2) is 18.6 Å². The molecule has 0 fully saturated rings. The third-order valence-electron chi connectivity index (χ3n) is 3.24. The lowest BCUT2D eigenvalue weighted by atomic mass is 10.2. The number of fused-ring (bicyclic) bond motifs is 1. The summed E-state index contributed by atoms with van der Waals surface area (Å²) in [7, 11) is 0. The maximum Gasteiger partial charge on any atom is 0.269 e. The molecule has 0 aromatic heterocycles. The molecule has 1 atom stereocenters. The van der Waals surface area contributed by atoms with Crippen molar-refractivity contribution in [3.05, 3.63) is 51.6 Å². The Bertz CT molecular complexity index is 687. The minimum absolute atomic E-state index is 0.204. The SMILES string of the molecule is Cc1ccc(NC(=O)[C@H]2COc3ccccc3O2)cc1I. The van der Waals surface area contributed by atoms with E-state index in [-0.39, 0.29) is 12.5 Å². The van der Waals surface area contributed by atoms with Crippen molar-refractivity contribution in [2.45, 2.75) is 13.0 Å². The van der Waals surface area contributed by atoms with E-state index in [1.807, 2.05) is 43.3 Å². The molecule has 1 N–H and O–H groups in total. The van der Waals surface area contributed by atoms with Gasteiger partial charge in [-0.2, -0.15) is 0 Å². The fourth-order valence-corrected chi connectivity index (χ4v) is 2.56. The molecule has 0 saturated carbocycles. The smallest absolute Gasteiger partial charge is 0.269 e. The van der Waals surface area contributed by atoms with Gasteiger partial charge in [-0.25, -0.2) is 0 Å². The zero-order valence-corrected chi connectivity index (χ0v) is 13.6. The molecule has 0 saturated heterocycles. The first kappa shape index (κ1) is 14.2. The number of amides is 1. The quantitative estimate of drug-likeness (QED) is 0.794. The van der Waals surface area contributed by atoms with Gasteiger partial charge in [-0.1, -0.05) is 18.2 Å². The van der Waals surface area contributed by atoms with Gasteiger partial charge in [0.25, 0.3) is 5.91 Å². The van der Waals surface area contributed by atoms with E-state index in [9.17, 15) is 4.79 Å². The molecule has 1 aliphatic rings. The second-order valence-corrected chi connectivity index (χ2v) is 5.98. The van der Waals surface area contributed by atoms with Gasteiger partial charge in [0.15, 0.2) is 11.5 Å². The van der Waals surface area contributed by atoms with Crippen LogP contribution in [0.3, 0.4) is 0 Å². The third-order valence-corrected chi connectivity index (χ3v) is 4.40. The molecule has 1 aliphatic heterocycles. The van der Waals surface area contributed by atoms with E-state index in [1.54, 1.807) is 6.07 Å². The Labute approximate surface area is 136 Å². The number of rotatable bonds is 2. The topological polar surface area (TPSA) is 47.6 Å². The highest BCUT2D eigenvalue weighted by molar-refractivity contribution is 14.1. The predicted molar refractivity (Wildman–Crippen MR) is 88.9 cm³/mol. The first-order valence-electron chi connectivity index (χ1n) is 6.59. The number of carbonyl (C=O) groups is 1. The van der Waals surface area contributed by atoms with E-state index in [1.165, 1.54) is 5.56 Å². The normalized spacial score (nSPS) is 16.4. The molecule has 1 heterocycles. The molecule has 4 nitrogen and oxygen atoms in total. The van der Waals surface area contributed by atoms with E-state index in [0.29, 0.717) is 11.5 Å². The Kier molecular flexibility index (Phi) is 4.01. The van der Waals surface area contributed by atoms with Gasteiger partial charge in [0.05, 0.1) is 0 Å². The van der Waals surface area contributed by atoms with E-state index in [0.717, 1.165) is 9.26 Å². The van der Waals surface area contributed by atoms with Crippen molar-refractivity contribution < 1.29 is 14.3 Å². The van der Waals surface area contributed by atoms with Crippen LogP contribution in [0.25, 0.3) is 0 Å². The molecular weight excluding hydrogens is 381 g/mol. The van der Waals surface area contributed by atoms with Crippen LogP contribution >= 0.6 is 22.6 Å². The summed E-state index contributed by atoms with van der Waals surface area (Å²) >= 11 is 2.24. The maximum atomic E-state index is 12.3. The number of nitrogens with one attached hydrogen (secondary N) is 1. The zero-order valence-electron chi connectivity index (χ0n) is 11.4. The number of anilines is 1. The second kappa shape index (κ2) is 5.93. The van der Waals surface area contributed by atoms with Crippen LogP contribution in [0.2, 0.25) is 0 Å². The first-order chi connectivity index (χ1) is 10.1. The van der Waals surface area contributed by atoms with E-state index >= 15 is 0 Å². The number of hydrogen-bond acceptors (Lipinski definition) is 3. The van der Waals surface area contributed by atoms with Crippen LogP contribution < -0.4 is 14.8 Å². The highest BCUT2D eigenvalue weighted by atomic mass is 127. The van der Waals surface area contributed by atoms with Crippen LogP contribution in [0, 0.1) is 10.5 Å². The largest absolute Gasteiger partial charge is 0.485 e. The van der Waals surface area contributed by atoms with Crippen molar-refractivity contribution >= 4 is 34.2 Å². The van der Waals surface area contributed by atoms with Crippen LogP contribution in [0.15, 0.2) is 42.5 Å². The van der Waals surface area contributed by atoms with Gasteiger partial charge >= 0.3 is 0 Å². The minimum Gasteiger partial charge on any atom is -0.485 e. The van der Waals surface area contributed by atoms with Crippen molar-refractivity contribution in [2.24, 2.45) is 0 Å². The summed E-state index contributed by atoms with van der Waals surface area (Å²) < 4.78 is 12.3. The standard InChI is InChI=1S/C16H14INO3/c1-10-6-7-11(8-12(10)17)18-16(19)15-9-20-13-4-2-3-5-14(13)21-15/h2-8,15H,9H2,1H3,(H,18,19)/t15-/m1/s1. The van der Waals surface area contributed by atoms with Crippen molar-refractivity contribution in [1.82, 2.24) is 0 Å². The second-order valence-electron chi connectivity index (χ2n) is 4.82. The van der Waals surface area contributed by atoms with E-state index in [2.05, 4.69) is 27.9 Å². The highest BCUT2D eigenvalue weighted by Gasteiger charge is 2.27. The molecule has 21 heavy (non-hydrogen) atoms. The van der Waals surface area contributed by atoms with Crippen LogP contribution in [0.1, 0.15) is 5.56 Å². The molecular formula is C16H14INO3. The molecule has 5 heteroatoms. The van der Waals surface area contributed by atoms with Crippen molar-refractivity contribution in [3.63, 3.8) is 0 Å². The molecule has 0 aliphatic carbocycles. The van der Waals surface area contributed by atoms with Gasteiger partial charge in [-0.05, 0) is 59.3 Å². The lowest BCUT2D eigenvalue weighted by Crippen LogP contribution is -2.40. The van der Waals surface area contributed by atoms with Gasteiger partial charge in [0.1, 0.15) is 6.61 Å². The Hall–Kier alpha value is -1.76. The molecule has 0 spiro atoms. The Morgan fingerprint density at radius 2 is 2.00 bits per heavy atom. The number of hydrogen-bond donors (Lipinski definition) is 1. The van der Waals surface area contributed by atoms with E-state index < -0.39 is 6.10 Å². The average molecular weight is 395 g/mol. The minimum atomic E-state index is -0.640. The summed E-state index contributed by atoms with van der Waals surface area (Å²) in [5, 5.41) is 2.86. The van der Waals surface area contributed by atoms with Crippen LogP contribution in [0.5, 0.6) is 11.5 Å². The summed E-state index contributed by atoms with van der Waals surface area (Å²) in [6, 6.07) is 13.1. The van der Waals surface area contributed by atoms with Crippen molar-refractivity contribution in [3.8, 4) is 11.5 Å². The molecule has 1 amide bonds. The molecule has 2 aromatic carbocycles. The van der Waals surface area contributed by atoms with Crippen LogP contribution in [0.4, 0.5) is 5.69 Å². The summed E-state index contributed by atoms with van der Waals surface area (Å²) in [5.74, 6) is 1.07. The average Bonchev–Trinajstić information content (AvgIpc) is 2.50. The van der Waals surface area contributed by atoms with Gasteiger partial charge in [-0.3, -0.25) is 4.79 Å². The monoisotopic (exact) mass is 395 g/mol. The number of halogens is 1. The Morgan fingerprint density at radius 1 is 1.24 bits per heavy atom. The molecule has 0 radical (unpaired) electrons. The molecule has 0 unspecified atom stereocenters. The Balaban J connectivity index is 1.70. The Morgan fingerprint density at radius 3 is 2.76 bits per heavy atom. The van der Waals surface area contributed by atoms with Gasteiger partial charge in [0, 0.05) is 9.26 Å². The molecule has 0 bridgehead atoms. The van der Waals surface area contributed by atoms with E-state index in [4.69, 9.17) is 9.47 Å². The molecule has 3 rings (SSSR count). The number of para-hydroxylation sites is 2. The fourth-order valence-electron chi connectivity index (χ4n) is 2.04. The zero-order chi connectivity index (χ0) is 14.8. The maximum absolute atomic E-state index is 12.3. The lowest BCUT2D eigenvalue weighted by Gasteiger charge is -2.25. The predicted octanol–water partition coefficient (Wildman–Crippen LogP) is 3.38. The fraction of sp³-hybridized carbons (Fsp3) is 0.188. The van der Waals surface area contributed by atoms with Gasteiger partial charge in [0.2, 0.25) is 6.10 Å². The summed E-state index contributed by atoms with van der Waals surface area (Å²) in [6.07, 6.45) is -0.640. The van der Waals surface area contributed by atoms with Crippen molar-refractivity contribution in [2.75, 3.05) is 11.9 Å². The third kappa shape index (κ3) is 3.12. The number of carbonyl (C=O) groups excluding carboxylic acids is 1. The number of benzene rings is 2. The lowest BCUT2D eigenvalue weighted by molar-refractivity contribution is -0.125. The first-order valence-corrected chi connectivity index (χ1v) is 7.67. The highest BCUT2D eigenvalue weighted by Crippen LogP contribution is 2.31. The molecule has 108 valence electrons. The van der Waals surface area contributed by atoms with Crippen LogP contribution in [-0.2, 0) is 4.79 Å². The summed E-state index contributed by atoms with van der Waals surface area (Å²) in [5.41, 5.74) is 1.94. The number of ether oxygens (including phenoxy) is 2. The number of aryl methyl sites for hydroxylation is 1. The van der Waals surface area contributed by atoms with Crippen molar-refractivity contribution in [1.29, 1.82) is 0 Å². The molecule has 2 aromatic rings. The van der Waals surface area contributed by atoms with Gasteiger partial charge in [-0.15, -0.1) is 0 Å².